The highest BCUT2D eigenvalue weighted by Gasteiger charge is 2.24. The second-order valence-corrected chi connectivity index (χ2v) is 13.7. The van der Waals surface area contributed by atoms with E-state index in [0.29, 0.717) is 0 Å². The lowest BCUT2D eigenvalue weighted by atomic mass is 9.98. The molecule has 3 nitrogen and oxygen atoms in total. The van der Waals surface area contributed by atoms with E-state index < -0.39 is 0 Å². The van der Waals surface area contributed by atoms with Crippen LogP contribution >= 0.6 is 0 Å². The summed E-state index contributed by atoms with van der Waals surface area (Å²) in [6, 6.07) is 72.6. The molecule has 0 saturated heterocycles. The molecule has 0 aliphatic carbocycles. The Balaban J connectivity index is 1.31. The normalized spacial score (nSPS) is 11.8. The second kappa shape index (κ2) is 11.7. The highest BCUT2D eigenvalue weighted by atomic mass is 15.0. The van der Waals surface area contributed by atoms with Crippen LogP contribution in [0.4, 0.5) is 0 Å². The molecular weight excluding hydrogens is 643 g/mol. The number of fused-ring (bicyclic) bond motifs is 8. The van der Waals surface area contributed by atoms with E-state index in [4.69, 9.17) is 0 Å². The van der Waals surface area contributed by atoms with Crippen LogP contribution in [0.5, 0.6) is 0 Å². The van der Waals surface area contributed by atoms with Crippen molar-refractivity contribution in [3.63, 3.8) is 0 Å². The summed E-state index contributed by atoms with van der Waals surface area (Å²) in [6.45, 7) is 0. The predicted octanol–water partition coefficient (Wildman–Crippen LogP) is 13.2. The minimum Gasteiger partial charge on any atom is -0.309 e. The first kappa shape index (κ1) is 29.6. The number of aromatic nitrogens is 3. The molecule has 0 fully saturated rings. The summed E-state index contributed by atoms with van der Waals surface area (Å²) < 4.78 is 7.39. The zero-order chi connectivity index (χ0) is 34.9. The fourth-order valence-electron chi connectivity index (χ4n) is 8.64. The fourth-order valence-corrected chi connectivity index (χ4v) is 8.64. The van der Waals surface area contributed by atoms with Crippen LogP contribution in [0.1, 0.15) is 0 Å². The van der Waals surface area contributed by atoms with Crippen LogP contribution in [0, 0.1) is 0 Å². The SMILES string of the molecule is c1ccc(-c2c(-c3ccccc3)n(-c3ccccc3)c3ccc(-n4c5ccccc5c5ccc6c7ccccc7n(-c7ccccc7)c6c54)cc23)cc1. The van der Waals surface area contributed by atoms with Gasteiger partial charge in [0.05, 0.1) is 33.3 Å². The minimum atomic E-state index is 1.13. The number of para-hydroxylation sites is 4. The summed E-state index contributed by atoms with van der Waals surface area (Å²) in [5.74, 6) is 0. The van der Waals surface area contributed by atoms with Gasteiger partial charge in [0, 0.05) is 49.6 Å². The lowest BCUT2D eigenvalue weighted by Gasteiger charge is -2.14. The Morgan fingerprint density at radius 1 is 0.264 bits per heavy atom. The summed E-state index contributed by atoms with van der Waals surface area (Å²) in [7, 11) is 0. The van der Waals surface area contributed by atoms with Gasteiger partial charge in [-0.3, -0.25) is 0 Å². The molecule has 0 bridgehead atoms. The van der Waals surface area contributed by atoms with Crippen molar-refractivity contribution in [3.8, 4) is 39.4 Å². The molecule has 3 heteroatoms. The van der Waals surface area contributed by atoms with Crippen molar-refractivity contribution in [2.24, 2.45) is 0 Å². The molecule has 8 aromatic carbocycles. The van der Waals surface area contributed by atoms with Crippen LogP contribution < -0.4 is 0 Å². The van der Waals surface area contributed by atoms with Gasteiger partial charge in [0.1, 0.15) is 0 Å². The highest BCUT2D eigenvalue weighted by molar-refractivity contribution is 6.24. The number of nitrogens with zero attached hydrogens (tertiary/aromatic N) is 3. The van der Waals surface area contributed by atoms with Crippen molar-refractivity contribution in [3.05, 3.63) is 200 Å². The Morgan fingerprint density at radius 3 is 1.26 bits per heavy atom. The quantitative estimate of drug-likeness (QED) is 0.172. The Labute approximate surface area is 306 Å². The van der Waals surface area contributed by atoms with Crippen LogP contribution in [0.15, 0.2) is 200 Å². The van der Waals surface area contributed by atoms with Gasteiger partial charge >= 0.3 is 0 Å². The predicted molar refractivity (Wildman–Crippen MR) is 223 cm³/mol. The van der Waals surface area contributed by atoms with Crippen molar-refractivity contribution in [1.29, 1.82) is 0 Å². The van der Waals surface area contributed by atoms with E-state index >= 15 is 0 Å². The smallest absolute Gasteiger partial charge is 0.0788 e. The molecule has 3 heterocycles. The maximum atomic E-state index is 2.50. The van der Waals surface area contributed by atoms with E-state index in [0.717, 1.165) is 17.1 Å². The van der Waals surface area contributed by atoms with Gasteiger partial charge in [-0.15, -0.1) is 0 Å². The van der Waals surface area contributed by atoms with Gasteiger partial charge in [0.15, 0.2) is 0 Å². The van der Waals surface area contributed by atoms with Gasteiger partial charge < -0.3 is 13.7 Å². The van der Waals surface area contributed by atoms with Crippen LogP contribution in [0.3, 0.4) is 0 Å². The van der Waals surface area contributed by atoms with E-state index in [-0.39, 0.29) is 0 Å². The molecule has 11 aromatic rings. The van der Waals surface area contributed by atoms with Gasteiger partial charge in [-0.05, 0) is 65.7 Å². The largest absolute Gasteiger partial charge is 0.309 e. The second-order valence-electron chi connectivity index (χ2n) is 13.7. The molecule has 0 saturated carbocycles. The van der Waals surface area contributed by atoms with E-state index in [2.05, 4.69) is 214 Å². The Bertz CT molecular complexity index is 3130. The van der Waals surface area contributed by atoms with E-state index in [1.807, 2.05) is 0 Å². The van der Waals surface area contributed by atoms with E-state index in [1.54, 1.807) is 0 Å². The third-order valence-corrected chi connectivity index (χ3v) is 10.8. The molecule has 11 rings (SSSR count). The van der Waals surface area contributed by atoms with Gasteiger partial charge in [-0.2, -0.15) is 0 Å². The molecule has 0 spiro atoms. The van der Waals surface area contributed by atoms with Crippen molar-refractivity contribution in [2.45, 2.75) is 0 Å². The average Bonchev–Trinajstić information content (AvgIpc) is 3.88. The maximum absolute atomic E-state index is 2.50. The average molecular weight is 676 g/mol. The van der Waals surface area contributed by atoms with E-state index in [1.165, 1.54) is 76.9 Å². The number of benzene rings is 8. The number of rotatable bonds is 5. The topological polar surface area (TPSA) is 14.8 Å². The molecule has 3 aromatic heterocycles. The summed E-state index contributed by atoms with van der Waals surface area (Å²) >= 11 is 0. The summed E-state index contributed by atoms with van der Waals surface area (Å²) in [5.41, 5.74) is 14.2. The van der Waals surface area contributed by atoms with Crippen LogP contribution in [0.2, 0.25) is 0 Å². The molecule has 0 amide bonds. The zero-order valence-electron chi connectivity index (χ0n) is 28.9. The summed E-state index contributed by atoms with van der Waals surface area (Å²) in [4.78, 5) is 0. The molecular formula is C50H33N3. The monoisotopic (exact) mass is 675 g/mol. The summed E-state index contributed by atoms with van der Waals surface area (Å²) in [5, 5.41) is 6.18. The van der Waals surface area contributed by atoms with E-state index in [9.17, 15) is 0 Å². The third-order valence-electron chi connectivity index (χ3n) is 10.8. The van der Waals surface area contributed by atoms with Crippen LogP contribution in [0.25, 0.3) is 94.0 Å². The minimum absolute atomic E-state index is 1.13. The molecule has 0 N–H and O–H groups in total. The van der Waals surface area contributed by atoms with Gasteiger partial charge in [-0.25, -0.2) is 0 Å². The molecule has 0 aliphatic heterocycles. The highest BCUT2D eigenvalue weighted by Crippen LogP contribution is 2.46. The van der Waals surface area contributed by atoms with Gasteiger partial charge in [-0.1, -0.05) is 146 Å². The molecule has 0 unspecified atom stereocenters. The standard InChI is InChI=1S/C50H33N3/c1-5-17-34(18-6-1)47-43-33-38(29-32-46(43)51(36-21-9-3-10-22-36)48(47)35-19-7-2-8-20-35)53-45-28-16-14-26-40(45)42-31-30-41-39-25-13-15-27-44(39)52(49(41)50(42)53)37-23-11-4-12-24-37/h1-33H. The van der Waals surface area contributed by atoms with Crippen molar-refractivity contribution < 1.29 is 0 Å². The maximum Gasteiger partial charge on any atom is 0.0788 e. The molecule has 248 valence electrons. The fraction of sp³-hybridized carbons (Fsp3) is 0. The third kappa shape index (κ3) is 4.41. The number of hydrogen-bond donors (Lipinski definition) is 0. The van der Waals surface area contributed by atoms with Gasteiger partial charge in [0.25, 0.3) is 0 Å². The molecule has 0 atom stereocenters. The van der Waals surface area contributed by atoms with Gasteiger partial charge in [0.2, 0.25) is 0 Å². The molecule has 0 radical (unpaired) electrons. The van der Waals surface area contributed by atoms with Crippen LogP contribution in [-0.2, 0) is 0 Å². The van der Waals surface area contributed by atoms with Crippen molar-refractivity contribution >= 4 is 54.5 Å². The Hall–Kier alpha value is -7.10. The van der Waals surface area contributed by atoms with Crippen molar-refractivity contribution in [1.82, 2.24) is 13.7 Å². The Kier molecular flexibility index (Phi) is 6.55. The lowest BCUT2D eigenvalue weighted by Crippen LogP contribution is -1.99. The Morgan fingerprint density at radius 2 is 0.698 bits per heavy atom. The summed E-state index contributed by atoms with van der Waals surface area (Å²) in [6.07, 6.45) is 0. The first-order valence-corrected chi connectivity index (χ1v) is 18.2. The zero-order valence-corrected chi connectivity index (χ0v) is 28.9. The van der Waals surface area contributed by atoms with Crippen molar-refractivity contribution in [2.75, 3.05) is 0 Å². The molecule has 0 aliphatic rings. The molecule has 53 heavy (non-hydrogen) atoms. The first-order chi connectivity index (χ1) is 26.3. The number of hydrogen-bond acceptors (Lipinski definition) is 0. The first-order valence-electron chi connectivity index (χ1n) is 18.2. The lowest BCUT2D eigenvalue weighted by molar-refractivity contribution is 1.13. The van der Waals surface area contributed by atoms with Crippen LogP contribution in [-0.4, -0.2) is 13.7 Å².